The summed E-state index contributed by atoms with van der Waals surface area (Å²) in [6.45, 7) is 0.595. The van der Waals surface area contributed by atoms with Crippen molar-refractivity contribution in [2.75, 3.05) is 7.11 Å². The zero-order valence-corrected chi connectivity index (χ0v) is 18.6. The summed E-state index contributed by atoms with van der Waals surface area (Å²) < 4.78 is 8.03. The van der Waals surface area contributed by atoms with E-state index in [1.165, 1.54) is 18.4 Å². The van der Waals surface area contributed by atoms with Gasteiger partial charge in [0.25, 0.3) is 11.5 Å². The van der Waals surface area contributed by atoms with E-state index in [-0.39, 0.29) is 18.0 Å². The first-order chi connectivity index (χ1) is 16.2. The molecule has 5 aromatic rings. The quantitative estimate of drug-likeness (QED) is 0.418. The Bertz CT molecular complexity index is 1510. The fourth-order valence-electron chi connectivity index (χ4n) is 3.85. The van der Waals surface area contributed by atoms with Crippen LogP contribution in [-0.2, 0) is 13.1 Å². The van der Waals surface area contributed by atoms with E-state index in [0.29, 0.717) is 22.6 Å². The second-order valence-electron chi connectivity index (χ2n) is 7.40. The normalized spacial score (nSPS) is 11.1. The van der Waals surface area contributed by atoms with Gasteiger partial charge in [-0.25, -0.2) is 0 Å². The van der Waals surface area contributed by atoms with Gasteiger partial charge in [0.2, 0.25) is 0 Å². The maximum atomic E-state index is 13.7. The van der Waals surface area contributed by atoms with Gasteiger partial charge in [0.15, 0.2) is 5.75 Å². The van der Waals surface area contributed by atoms with Crippen molar-refractivity contribution in [2.45, 2.75) is 13.1 Å². The van der Waals surface area contributed by atoms with Gasteiger partial charge in [-0.05, 0) is 30.3 Å². The Kier molecular flexibility index (Phi) is 5.58. The Labute approximate surface area is 193 Å². The number of carbonyl (C=O) groups excluding carboxylic acids is 1. The first kappa shape index (κ1) is 20.8. The summed E-state index contributed by atoms with van der Waals surface area (Å²) in [5, 5.41) is 4.17. The number of pyridine rings is 3. The molecule has 0 fully saturated rings. The van der Waals surface area contributed by atoms with Gasteiger partial charge in [0.05, 0.1) is 41.8 Å². The van der Waals surface area contributed by atoms with Crippen LogP contribution in [0.3, 0.4) is 0 Å². The van der Waals surface area contributed by atoms with Crippen LogP contribution in [-0.4, -0.2) is 27.6 Å². The minimum atomic E-state index is -0.307. The average molecular weight is 457 g/mol. The highest BCUT2D eigenvalue weighted by molar-refractivity contribution is 7.22. The molecule has 7 nitrogen and oxygen atoms in total. The predicted molar refractivity (Wildman–Crippen MR) is 129 cm³/mol. The van der Waals surface area contributed by atoms with Gasteiger partial charge in [0, 0.05) is 17.8 Å². The number of thiophene rings is 1. The van der Waals surface area contributed by atoms with Crippen molar-refractivity contribution in [3.63, 3.8) is 0 Å². The Hall–Kier alpha value is -4.04. The molecular weight excluding hydrogens is 436 g/mol. The molecule has 1 amide bonds. The lowest BCUT2D eigenvalue weighted by molar-refractivity contribution is 0.0952. The SMILES string of the molecule is COc1c(C(=O)NCc2ccccn2)sc2c1c(=O)n(Cc1ccccn1)c1ccccc21. The van der Waals surface area contributed by atoms with Crippen LogP contribution in [0.2, 0.25) is 0 Å². The number of benzene rings is 1. The summed E-state index contributed by atoms with van der Waals surface area (Å²) in [6, 6.07) is 18.8. The zero-order chi connectivity index (χ0) is 22.8. The third-order valence-electron chi connectivity index (χ3n) is 5.38. The number of hydrogen-bond donors (Lipinski definition) is 1. The number of methoxy groups -OCH3 is 1. The molecule has 0 aliphatic rings. The molecule has 1 aromatic carbocycles. The van der Waals surface area contributed by atoms with E-state index in [4.69, 9.17) is 4.74 Å². The van der Waals surface area contributed by atoms with Gasteiger partial charge < -0.3 is 14.6 Å². The van der Waals surface area contributed by atoms with Gasteiger partial charge in [-0.15, -0.1) is 11.3 Å². The van der Waals surface area contributed by atoms with Crippen LogP contribution >= 0.6 is 11.3 Å². The number of fused-ring (bicyclic) bond motifs is 3. The molecule has 0 radical (unpaired) electrons. The lowest BCUT2D eigenvalue weighted by Crippen LogP contribution is -2.23. The van der Waals surface area contributed by atoms with E-state index in [0.717, 1.165) is 27.0 Å². The second kappa shape index (κ2) is 8.84. The Morgan fingerprint density at radius 3 is 2.39 bits per heavy atom. The Morgan fingerprint density at radius 2 is 1.70 bits per heavy atom. The minimum absolute atomic E-state index is 0.216. The fraction of sp³-hybridized carbons (Fsp3) is 0.120. The van der Waals surface area contributed by atoms with Crippen LogP contribution in [0.5, 0.6) is 5.75 Å². The number of carbonyl (C=O) groups is 1. The maximum Gasteiger partial charge on any atom is 0.265 e. The van der Waals surface area contributed by atoms with Crippen LogP contribution in [0.1, 0.15) is 21.1 Å². The molecule has 1 N–H and O–H groups in total. The number of ether oxygens (including phenoxy) is 1. The van der Waals surface area contributed by atoms with Crippen LogP contribution in [0.25, 0.3) is 21.0 Å². The monoisotopic (exact) mass is 456 g/mol. The third-order valence-corrected chi connectivity index (χ3v) is 6.58. The molecule has 0 bridgehead atoms. The van der Waals surface area contributed by atoms with E-state index in [9.17, 15) is 9.59 Å². The van der Waals surface area contributed by atoms with Crippen LogP contribution in [0.15, 0.2) is 77.9 Å². The van der Waals surface area contributed by atoms with Gasteiger partial charge in [-0.3, -0.25) is 19.6 Å². The van der Waals surface area contributed by atoms with E-state index in [2.05, 4.69) is 15.3 Å². The summed E-state index contributed by atoms with van der Waals surface area (Å²) >= 11 is 1.26. The average Bonchev–Trinajstić information content (AvgIpc) is 3.26. The predicted octanol–water partition coefficient (Wildman–Crippen LogP) is 3.99. The molecule has 8 heteroatoms. The van der Waals surface area contributed by atoms with Crippen LogP contribution in [0.4, 0.5) is 0 Å². The standard InChI is InChI=1S/C25H20N4O3S/c1-32-21-20-22(33-23(21)24(30)28-14-16-8-4-6-12-26-16)18-10-2-3-11-19(18)29(25(20)31)15-17-9-5-7-13-27-17/h2-13H,14-15H2,1H3,(H,28,30). The molecule has 0 unspecified atom stereocenters. The highest BCUT2D eigenvalue weighted by Crippen LogP contribution is 2.39. The number of para-hydroxylation sites is 1. The molecule has 0 saturated heterocycles. The van der Waals surface area contributed by atoms with E-state index in [1.807, 2.05) is 60.7 Å². The molecule has 164 valence electrons. The minimum Gasteiger partial charge on any atom is -0.494 e. The fourth-order valence-corrected chi connectivity index (χ4v) is 5.07. The summed E-state index contributed by atoms with van der Waals surface area (Å²) in [4.78, 5) is 35.7. The number of nitrogens with zero attached hydrogens (tertiary/aromatic N) is 3. The first-order valence-corrected chi connectivity index (χ1v) is 11.2. The number of amides is 1. The summed E-state index contributed by atoms with van der Waals surface area (Å²) in [7, 11) is 1.48. The first-order valence-electron chi connectivity index (χ1n) is 10.4. The van der Waals surface area contributed by atoms with Gasteiger partial charge in [-0.2, -0.15) is 0 Å². The van der Waals surface area contributed by atoms with E-state index < -0.39 is 0 Å². The van der Waals surface area contributed by atoms with Crippen molar-refractivity contribution in [3.8, 4) is 5.75 Å². The Morgan fingerprint density at radius 1 is 1.00 bits per heavy atom. The number of nitrogens with one attached hydrogen (secondary N) is 1. The zero-order valence-electron chi connectivity index (χ0n) is 17.8. The van der Waals surface area contributed by atoms with Crippen molar-refractivity contribution in [3.05, 3.63) is 99.7 Å². The van der Waals surface area contributed by atoms with E-state index in [1.54, 1.807) is 17.0 Å². The van der Waals surface area contributed by atoms with Crippen molar-refractivity contribution in [2.24, 2.45) is 0 Å². The van der Waals surface area contributed by atoms with Crippen LogP contribution in [0, 0.1) is 0 Å². The van der Waals surface area contributed by atoms with Crippen molar-refractivity contribution in [1.82, 2.24) is 19.9 Å². The smallest absolute Gasteiger partial charge is 0.265 e. The van der Waals surface area contributed by atoms with Crippen molar-refractivity contribution < 1.29 is 9.53 Å². The lowest BCUT2D eigenvalue weighted by Gasteiger charge is -2.11. The molecule has 4 aromatic heterocycles. The Balaban J connectivity index is 1.64. The van der Waals surface area contributed by atoms with Crippen molar-refractivity contribution >= 4 is 38.2 Å². The molecule has 0 saturated carbocycles. The number of aromatic nitrogens is 3. The molecular formula is C25H20N4O3S. The van der Waals surface area contributed by atoms with E-state index >= 15 is 0 Å². The topological polar surface area (TPSA) is 86.1 Å². The lowest BCUT2D eigenvalue weighted by atomic mass is 10.1. The molecule has 4 heterocycles. The van der Waals surface area contributed by atoms with Gasteiger partial charge in [0.1, 0.15) is 10.3 Å². The maximum absolute atomic E-state index is 13.7. The molecule has 0 aliphatic carbocycles. The molecule has 0 atom stereocenters. The van der Waals surface area contributed by atoms with Crippen LogP contribution < -0.4 is 15.6 Å². The third kappa shape index (κ3) is 3.85. The summed E-state index contributed by atoms with van der Waals surface area (Å²) in [6.07, 6.45) is 3.38. The molecule has 0 aliphatic heterocycles. The largest absolute Gasteiger partial charge is 0.494 e. The highest BCUT2D eigenvalue weighted by Gasteiger charge is 2.25. The van der Waals surface area contributed by atoms with Crippen molar-refractivity contribution in [1.29, 1.82) is 0 Å². The van der Waals surface area contributed by atoms with Gasteiger partial charge in [-0.1, -0.05) is 30.3 Å². The number of hydrogen-bond acceptors (Lipinski definition) is 6. The second-order valence-corrected chi connectivity index (χ2v) is 8.42. The van der Waals surface area contributed by atoms with Gasteiger partial charge >= 0.3 is 0 Å². The highest BCUT2D eigenvalue weighted by atomic mass is 32.1. The molecule has 33 heavy (non-hydrogen) atoms. The number of rotatable bonds is 6. The molecule has 0 spiro atoms. The summed E-state index contributed by atoms with van der Waals surface area (Å²) in [5.74, 6) is -0.0162. The molecule has 5 rings (SSSR count). The summed E-state index contributed by atoms with van der Waals surface area (Å²) in [5.41, 5.74) is 2.08.